The Morgan fingerprint density at radius 3 is 2.87 bits per heavy atom. The summed E-state index contributed by atoms with van der Waals surface area (Å²) >= 11 is 0. The van der Waals surface area contributed by atoms with Gasteiger partial charge in [0.25, 0.3) is 0 Å². The van der Waals surface area contributed by atoms with Crippen LogP contribution < -0.4 is 10.6 Å². The van der Waals surface area contributed by atoms with Gasteiger partial charge in [0.1, 0.15) is 0 Å². The molecular formula is C10H17N3O2. The average Bonchev–Trinajstić information content (AvgIpc) is 2.65. The molecule has 0 aromatic carbocycles. The number of carbonyl (C=O) groups excluding carboxylic acids is 2. The first-order valence-corrected chi connectivity index (χ1v) is 5.39. The van der Waals surface area contributed by atoms with Gasteiger partial charge in [0.15, 0.2) is 0 Å². The molecule has 5 nitrogen and oxygen atoms in total. The van der Waals surface area contributed by atoms with Crippen molar-refractivity contribution in [2.45, 2.75) is 13.3 Å². The molecule has 5 heteroatoms. The van der Waals surface area contributed by atoms with E-state index in [1.54, 1.807) is 4.90 Å². The van der Waals surface area contributed by atoms with Crippen molar-refractivity contribution in [3.05, 3.63) is 0 Å². The molecule has 0 bridgehead atoms. The Hall–Kier alpha value is -1.10. The Kier molecular flexibility index (Phi) is 2.65. The van der Waals surface area contributed by atoms with E-state index < -0.39 is 0 Å². The van der Waals surface area contributed by atoms with Crippen LogP contribution in [-0.2, 0) is 9.59 Å². The molecule has 1 unspecified atom stereocenters. The van der Waals surface area contributed by atoms with Crippen LogP contribution in [-0.4, -0.2) is 49.4 Å². The molecule has 2 aliphatic rings. The third kappa shape index (κ3) is 1.97. The molecule has 2 heterocycles. The molecule has 0 spiro atoms. The lowest BCUT2D eigenvalue weighted by molar-refractivity contribution is -0.145. The van der Waals surface area contributed by atoms with Crippen LogP contribution in [0.3, 0.4) is 0 Å². The normalized spacial score (nSPS) is 31.5. The molecule has 0 aromatic rings. The molecule has 0 saturated carbocycles. The predicted octanol–water partition coefficient (Wildman–Crippen LogP) is -1.06. The van der Waals surface area contributed by atoms with Gasteiger partial charge >= 0.3 is 0 Å². The van der Waals surface area contributed by atoms with Crippen molar-refractivity contribution < 1.29 is 9.59 Å². The van der Waals surface area contributed by atoms with Gasteiger partial charge in [0.05, 0.1) is 12.0 Å². The minimum Gasteiger partial charge on any atom is -0.353 e. The van der Waals surface area contributed by atoms with Crippen LogP contribution in [0, 0.1) is 5.41 Å². The number of amides is 2. The van der Waals surface area contributed by atoms with E-state index in [1.807, 2.05) is 6.92 Å². The lowest BCUT2D eigenvalue weighted by Crippen LogP contribution is -2.54. The molecule has 15 heavy (non-hydrogen) atoms. The highest BCUT2D eigenvalue weighted by Crippen LogP contribution is 2.27. The van der Waals surface area contributed by atoms with E-state index in [-0.39, 0.29) is 23.8 Å². The molecule has 2 aliphatic heterocycles. The maximum atomic E-state index is 12.2. The first-order chi connectivity index (χ1) is 7.12. The molecule has 0 aromatic heterocycles. The second-order valence-electron chi connectivity index (χ2n) is 4.56. The first-order valence-electron chi connectivity index (χ1n) is 5.39. The van der Waals surface area contributed by atoms with Crippen molar-refractivity contribution >= 4 is 11.8 Å². The van der Waals surface area contributed by atoms with Crippen LogP contribution in [0.15, 0.2) is 0 Å². The van der Waals surface area contributed by atoms with Gasteiger partial charge in [0.2, 0.25) is 11.8 Å². The second-order valence-corrected chi connectivity index (χ2v) is 4.56. The summed E-state index contributed by atoms with van der Waals surface area (Å²) in [5.74, 6) is 0.0616. The van der Waals surface area contributed by atoms with Crippen LogP contribution in [0.2, 0.25) is 0 Å². The zero-order valence-electron chi connectivity index (χ0n) is 9.01. The Morgan fingerprint density at radius 2 is 2.27 bits per heavy atom. The number of hydrogen-bond donors (Lipinski definition) is 2. The van der Waals surface area contributed by atoms with Gasteiger partial charge in [0, 0.05) is 19.6 Å². The fraction of sp³-hybridized carbons (Fsp3) is 0.800. The van der Waals surface area contributed by atoms with Gasteiger partial charge in [-0.3, -0.25) is 9.59 Å². The highest BCUT2D eigenvalue weighted by Gasteiger charge is 2.40. The van der Waals surface area contributed by atoms with Crippen LogP contribution in [0.4, 0.5) is 0 Å². The van der Waals surface area contributed by atoms with Gasteiger partial charge in [-0.05, 0) is 19.9 Å². The fourth-order valence-corrected chi connectivity index (χ4v) is 2.19. The third-order valence-corrected chi connectivity index (χ3v) is 3.21. The molecule has 2 saturated heterocycles. The number of hydrogen-bond acceptors (Lipinski definition) is 3. The number of carbonyl (C=O) groups is 2. The van der Waals surface area contributed by atoms with E-state index in [2.05, 4.69) is 10.6 Å². The van der Waals surface area contributed by atoms with Crippen LogP contribution in [0.25, 0.3) is 0 Å². The van der Waals surface area contributed by atoms with Crippen LogP contribution in [0.1, 0.15) is 13.3 Å². The molecule has 84 valence electrons. The van der Waals surface area contributed by atoms with Gasteiger partial charge < -0.3 is 15.5 Å². The summed E-state index contributed by atoms with van der Waals surface area (Å²) in [5.41, 5.74) is -0.308. The Balaban J connectivity index is 2.03. The van der Waals surface area contributed by atoms with Gasteiger partial charge in [-0.1, -0.05) is 0 Å². The standard InChI is InChI=1S/C10H17N3O2/c1-10(2-3-11-7-10)9(15)13-5-4-12-8(14)6-13/h11H,2-7H2,1H3,(H,12,14). The smallest absolute Gasteiger partial charge is 0.239 e. The summed E-state index contributed by atoms with van der Waals surface area (Å²) < 4.78 is 0. The van der Waals surface area contributed by atoms with E-state index in [9.17, 15) is 9.59 Å². The highest BCUT2D eigenvalue weighted by molar-refractivity contribution is 5.89. The minimum absolute atomic E-state index is 0.0517. The number of nitrogens with one attached hydrogen (secondary N) is 2. The zero-order valence-corrected chi connectivity index (χ0v) is 9.01. The van der Waals surface area contributed by atoms with Crippen molar-refractivity contribution in [1.29, 1.82) is 0 Å². The third-order valence-electron chi connectivity index (χ3n) is 3.21. The first kappa shape index (κ1) is 10.4. The van der Waals surface area contributed by atoms with Gasteiger partial charge in [-0.25, -0.2) is 0 Å². The number of piperazine rings is 1. The Labute approximate surface area is 89.2 Å². The van der Waals surface area contributed by atoms with Crippen molar-refractivity contribution in [3.63, 3.8) is 0 Å². The summed E-state index contributed by atoms with van der Waals surface area (Å²) in [4.78, 5) is 25.0. The second kappa shape index (κ2) is 3.81. The largest absolute Gasteiger partial charge is 0.353 e. The Bertz CT molecular complexity index is 284. The fourth-order valence-electron chi connectivity index (χ4n) is 2.19. The molecule has 0 aliphatic carbocycles. The Morgan fingerprint density at radius 1 is 1.47 bits per heavy atom. The van der Waals surface area contributed by atoms with E-state index in [0.29, 0.717) is 13.1 Å². The topological polar surface area (TPSA) is 61.4 Å². The summed E-state index contributed by atoms with van der Waals surface area (Å²) in [6.45, 7) is 5.02. The number of nitrogens with zero attached hydrogens (tertiary/aromatic N) is 1. The van der Waals surface area contributed by atoms with E-state index in [0.717, 1.165) is 19.5 Å². The maximum absolute atomic E-state index is 12.2. The summed E-state index contributed by atoms with van der Waals surface area (Å²) in [7, 11) is 0. The number of rotatable bonds is 1. The SMILES string of the molecule is CC1(C(=O)N2CCNC(=O)C2)CCNC1. The average molecular weight is 211 g/mol. The van der Waals surface area contributed by atoms with E-state index in [4.69, 9.17) is 0 Å². The monoisotopic (exact) mass is 211 g/mol. The molecule has 1 atom stereocenters. The molecule has 2 rings (SSSR count). The van der Waals surface area contributed by atoms with E-state index in [1.165, 1.54) is 0 Å². The summed E-state index contributed by atoms with van der Waals surface area (Å²) in [6, 6.07) is 0. The molecule has 2 fully saturated rings. The quantitative estimate of drug-likeness (QED) is 0.581. The van der Waals surface area contributed by atoms with Crippen molar-refractivity contribution in [2.24, 2.45) is 5.41 Å². The summed E-state index contributed by atoms with van der Waals surface area (Å²) in [5, 5.41) is 5.92. The maximum Gasteiger partial charge on any atom is 0.239 e. The molecule has 2 N–H and O–H groups in total. The lowest BCUT2D eigenvalue weighted by Gasteiger charge is -2.33. The van der Waals surface area contributed by atoms with E-state index >= 15 is 0 Å². The molecule has 0 radical (unpaired) electrons. The minimum atomic E-state index is -0.308. The summed E-state index contributed by atoms with van der Waals surface area (Å²) in [6.07, 6.45) is 0.865. The van der Waals surface area contributed by atoms with Crippen molar-refractivity contribution in [1.82, 2.24) is 15.5 Å². The molecular weight excluding hydrogens is 194 g/mol. The highest BCUT2D eigenvalue weighted by atomic mass is 16.2. The van der Waals surface area contributed by atoms with Crippen LogP contribution in [0.5, 0.6) is 0 Å². The predicted molar refractivity (Wildman–Crippen MR) is 55.2 cm³/mol. The lowest BCUT2D eigenvalue weighted by atomic mass is 9.88. The van der Waals surface area contributed by atoms with Gasteiger partial charge in [-0.15, -0.1) is 0 Å². The van der Waals surface area contributed by atoms with Crippen molar-refractivity contribution in [3.8, 4) is 0 Å². The zero-order chi connectivity index (χ0) is 10.9. The van der Waals surface area contributed by atoms with Crippen LogP contribution >= 0.6 is 0 Å². The molecule has 2 amide bonds. The van der Waals surface area contributed by atoms with Crippen molar-refractivity contribution in [2.75, 3.05) is 32.7 Å². The van der Waals surface area contributed by atoms with Gasteiger partial charge in [-0.2, -0.15) is 0 Å².